The zero-order valence-electron chi connectivity index (χ0n) is 12.6. The molecule has 0 aliphatic carbocycles. The van der Waals surface area contributed by atoms with Gasteiger partial charge < -0.3 is 11.1 Å². The number of amides is 1. The first kappa shape index (κ1) is 15.2. The predicted octanol–water partition coefficient (Wildman–Crippen LogP) is 1.34. The monoisotopic (exact) mass is 287 g/mol. The van der Waals surface area contributed by atoms with Crippen molar-refractivity contribution in [1.82, 2.24) is 20.3 Å². The molecule has 1 heterocycles. The van der Waals surface area contributed by atoms with Crippen LogP contribution in [-0.4, -0.2) is 27.4 Å². The number of nitrogens with one attached hydrogen (secondary N) is 1. The van der Waals surface area contributed by atoms with Gasteiger partial charge >= 0.3 is 0 Å². The quantitative estimate of drug-likeness (QED) is 0.869. The summed E-state index contributed by atoms with van der Waals surface area (Å²) in [5, 5.41) is 10.7. The summed E-state index contributed by atoms with van der Waals surface area (Å²) >= 11 is 0. The number of hydrogen-bond donors (Lipinski definition) is 2. The molecule has 6 heteroatoms. The minimum atomic E-state index is -0.231. The van der Waals surface area contributed by atoms with Crippen LogP contribution in [0, 0.1) is 13.8 Å². The Bertz CT molecular complexity index is 635. The summed E-state index contributed by atoms with van der Waals surface area (Å²) in [5.74, 6) is -0.231. The molecule has 1 aromatic heterocycles. The van der Waals surface area contributed by atoms with E-state index >= 15 is 0 Å². The van der Waals surface area contributed by atoms with E-state index in [2.05, 4.69) is 28.6 Å². The van der Waals surface area contributed by atoms with Crippen molar-refractivity contribution in [2.24, 2.45) is 5.73 Å². The Balaban J connectivity index is 2.07. The van der Waals surface area contributed by atoms with Crippen LogP contribution in [0.15, 0.2) is 24.4 Å². The SMILES string of the molecule is Cc1ccc([C@@H](C)NC(=O)c2cn(CCN)nn2)c(C)c1. The van der Waals surface area contributed by atoms with Crippen molar-refractivity contribution in [1.29, 1.82) is 0 Å². The number of aryl methyl sites for hydroxylation is 2. The number of nitrogens with zero attached hydrogens (tertiary/aromatic N) is 3. The fraction of sp³-hybridized carbons (Fsp3) is 0.400. The van der Waals surface area contributed by atoms with Gasteiger partial charge in [0.05, 0.1) is 18.8 Å². The fourth-order valence-electron chi connectivity index (χ4n) is 2.30. The van der Waals surface area contributed by atoms with E-state index in [1.165, 1.54) is 5.56 Å². The molecule has 3 N–H and O–H groups in total. The third-order valence-electron chi connectivity index (χ3n) is 3.37. The van der Waals surface area contributed by atoms with E-state index in [9.17, 15) is 4.79 Å². The van der Waals surface area contributed by atoms with E-state index in [4.69, 9.17) is 5.73 Å². The second kappa shape index (κ2) is 6.49. The minimum absolute atomic E-state index is 0.0854. The number of carbonyl (C=O) groups excluding carboxylic acids is 1. The zero-order valence-corrected chi connectivity index (χ0v) is 12.6. The van der Waals surface area contributed by atoms with E-state index in [-0.39, 0.29) is 11.9 Å². The molecule has 0 fully saturated rings. The van der Waals surface area contributed by atoms with Gasteiger partial charge in [-0.05, 0) is 31.9 Å². The number of carbonyl (C=O) groups is 1. The molecule has 0 spiro atoms. The molecule has 1 atom stereocenters. The summed E-state index contributed by atoms with van der Waals surface area (Å²) in [5.41, 5.74) is 9.22. The number of rotatable bonds is 5. The second-order valence-corrected chi connectivity index (χ2v) is 5.21. The standard InChI is InChI=1S/C15H21N5O/c1-10-4-5-13(11(2)8-10)12(3)17-15(21)14-9-20(7-6-16)19-18-14/h4-5,8-9,12H,6-7,16H2,1-3H3,(H,17,21)/t12-/m1/s1. The summed E-state index contributed by atoms with van der Waals surface area (Å²) < 4.78 is 1.57. The molecule has 1 amide bonds. The van der Waals surface area contributed by atoms with Crippen molar-refractivity contribution in [3.05, 3.63) is 46.8 Å². The maximum atomic E-state index is 12.2. The van der Waals surface area contributed by atoms with Gasteiger partial charge in [0, 0.05) is 6.54 Å². The lowest BCUT2D eigenvalue weighted by molar-refractivity contribution is 0.0934. The third kappa shape index (κ3) is 3.66. The van der Waals surface area contributed by atoms with Crippen molar-refractivity contribution >= 4 is 5.91 Å². The lowest BCUT2D eigenvalue weighted by Gasteiger charge is -2.16. The van der Waals surface area contributed by atoms with E-state index in [0.717, 1.165) is 11.1 Å². The summed E-state index contributed by atoms with van der Waals surface area (Å²) in [7, 11) is 0. The first-order valence-electron chi connectivity index (χ1n) is 6.99. The summed E-state index contributed by atoms with van der Waals surface area (Å²) in [6.45, 7) is 7.06. The maximum absolute atomic E-state index is 12.2. The van der Waals surface area contributed by atoms with Gasteiger partial charge in [-0.1, -0.05) is 29.0 Å². The van der Waals surface area contributed by atoms with Gasteiger partial charge in [0.1, 0.15) is 0 Å². The fourth-order valence-corrected chi connectivity index (χ4v) is 2.30. The molecular weight excluding hydrogens is 266 g/mol. The third-order valence-corrected chi connectivity index (χ3v) is 3.37. The molecule has 0 saturated heterocycles. The van der Waals surface area contributed by atoms with Crippen molar-refractivity contribution in [2.75, 3.05) is 6.54 Å². The first-order valence-corrected chi connectivity index (χ1v) is 6.99. The van der Waals surface area contributed by atoms with Gasteiger partial charge in [-0.15, -0.1) is 5.10 Å². The highest BCUT2D eigenvalue weighted by Crippen LogP contribution is 2.18. The summed E-state index contributed by atoms with van der Waals surface area (Å²) in [6, 6.07) is 6.11. The smallest absolute Gasteiger partial charge is 0.273 e. The van der Waals surface area contributed by atoms with Crippen LogP contribution in [0.5, 0.6) is 0 Å². The van der Waals surface area contributed by atoms with Crippen LogP contribution in [0.2, 0.25) is 0 Å². The highest BCUT2D eigenvalue weighted by atomic mass is 16.2. The zero-order chi connectivity index (χ0) is 15.4. The Morgan fingerprint density at radius 3 is 2.86 bits per heavy atom. The molecule has 0 saturated carbocycles. The van der Waals surface area contributed by atoms with E-state index in [1.54, 1.807) is 10.9 Å². The van der Waals surface area contributed by atoms with Gasteiger partial charge in [-0.3, -0.25) is 9.48 Å². The lowest BCUT2D eigenvalue weighted by atomic mass is 10.0. The molecule has 6 nitrogen and oxygen atoms in total. The highest BCUT2D eigenvalue weighted by molar-refractivity contribution is 5.92. The molecule has 0 bridgehead atoms. The van der Waals surface area contributed by atoms with Crippen molar-refractivity contribution in [3.63, 3.8) is 0 Å². The summed E-state index contributed by atoms with van der Waals surface area (Å²) in [6.07, 6.45) is 1.61. The van der Waals surface area contributed by atoms with Gasteiger partial charge in [-0.2, -0.15) is 0 Å². The van der Waals surface area contributed by atoms with Gasteiger partial charge in [-0.25, -0.2) is 0 Å². The Morgan fingerprint density at radius 2 is 2.19 bits per heavy atom. The molecule has 0 aliphatic heterocycles. The van der Waals surface area contributed by atoms with Gasteiger partial charge in [0.15, 0.2) is 5.69 Å². The largest absolute Gasteiger partial charge is 0.344 e. The van der Waals surface area contributed by atoms with Crippen molar-refractivity contribution < 1.29 is 4.79 Å². The molecule has 0 aliphatic rings. The topological polar surface area (TPSA) is 85.8 Å². The average molecular weight is 287 g/mol. The van der Waals surface area contributed by atoms with Crippen LogP contribution in [-0.2, 0) is 6.54 Å². The van der Waals surface area contributed by atoms with Crippen LogP contribution in [0.3, 0.4) is 0 Å². The molecule has 21 heavy (non-hydrogen) atoms. The lowest BCUT2D eigenvalue weighted by Crippen LogP contribution is -2.27. The molecule has 0 radical (unpaired) electrons. The number of benzene rings is 1. The van der Waals surface area contributed by atoms with Crippen molar-refractivity contribution in [3.8, 4) is 0 Å². The van der Waals surface area contributed by atoms with Crippen LogP contribution >= 0.6 is 0 Å². The van der Waals surface area contributed by atoms with E-state index in [1.807, 2.05) is 26.0 Å². The normalized spacial score (nSPS) is 12.2. The summed E-state index contributed by atoms with van der Waals surface area (Å²) in [4.78, 5) is 12.2. The minimum Gasteiger partial charge on any atom is -0.344 e. The molecule has 112 valence electrons. The van der Waals surface area contributed by atoms with Crippen LogP contribution < -0.4 is 11.1 Å². The molecule has 0 unspecified atom stereocenters. The maximum Gasteiger partial charge on any atom is 0.273 e. The molecule has 2 rings (SSSR count). The number of hydrogen-bond acceptors (Lipinski definition) is 4. The van der Waals surface area contributed by atoms with E-state index < -0.39 is 0 Å². The Morgan fingerprint density at radius 1 is 1.43 bits per heavy atom. The average Bonchev–Trinajstić information content (AvgIpc) is 2.87. The van der Waals surface area contributed by atoms with Crippen LogP contribution in [0.4, 0.5) is 0 Å². The molecule has 2 aromatic rings. The van der Waals surface area contributed by atoms with Gasteiger partial charge in [0.25, 0.3) is 5.91 Å². The molecule has 1 aromatic carbocycles. The number of nitrogens with two attached hydrogens (primary N) is 1. The highest BCUT2D eigenvalue weighted by Gasteiger charge is 2.15. The van der Waals surface area contributed by atoms with E-state index in [0.29, 0.717) is 18.8 Å². The van der Waals surface area contributed by atoms with Gasteiger partial charge in [0.2, 0.25) is 0 Å². The number of aromatic nitrogens is 3. The van der Waals surface area contributed by atoms with Crippen LogP contribution in [0.25, 0.3) is 0 Å². The second-order valence-electron chi connectivity index (χ2n) is 5.21. The van der Waals surface area contributed by atoms with Crippen molar-refractivity contribution in [2.45, 2.75) is 33.4 Å². The Hall–Kier alpha value is -2.21. The molecular formula is C15H21N5O. The predicted molar refractivity (Wildman–Crippen MR) is 80.9 cm³/mol. The first-order chi connectivity index (χ1) is 10.0. The Labute approximate surface area is 124 Å². The van der Waals surface area contributed by atoms with Crippen LogP contribution in [0.1, 0.15) is 40.1 Å². The Kier molecular flexibility index (Phi) is 4.70.